The molecule has 1 aromatic heterocycles. The van der Waals surface area contributed by atoms with Gasteiger partial charge in [0.2, 0.25) is 5.17 Å². The van der Waals surface area contributed by atoms with Gasteiger partial charge in [-0.15, -0.1) is 0 Å². The van der Waals surface area contributed by atoms with Crippen LogP contribution in [0.4, 0.5) is 4.39 Å². The first-order valence-corrected chi connectivity index (χ1v) is 10.3. The zero-order valence-corrected chi connectivity index (χ0v) is 17.2. The molecule has 1 N–H and O–H groups in total. The topological polar surface area (TPSA) is 82.0 Å². The van der Waals surface area contributed by atoms with E-state index in [9.17, 15) is 9.18 Å². The second-order valence-corrected chi connectivity index (χ2v) is 7.98. The summed E-state index contributed by atoms with van der Waals surface area (Å²) in [6, 6.07) is 16.5. The number of amidine groups is 2. The van der Waals surface area contributed by atoms with Crippen LogP contribution in [0.5, 0.6) is 0 Å². The zero-order chi connectivity index (χ0) is 21.5. The Morgan fingerprint density at radius 3 is 2.65 bits per heavy atom. The van der Waals surface area contributed by atoms with Gasteiger partial charge in [-0.05, 0) is 60.3 Å². The highest BCUT2D eigenvalue weighted by atomic mass is 35.5. The maximum atomic E-state index is 13.1. The van der Waals surface area contributed by atoms with Crippen LogP contribution in [0.15, 0.2) is 80.7 Å². The minimum atomic E-state index is -0.556. The van der Waals surface area contributed by atoms with Crippen molar-refractivity contribution in [3.05, 3.63) is 88.4 Å². The molecule has 2 aliphatic heterocycles. The second-order valence-electron chi connectivity index (χ2n) is 6.61. The lowest BCUT2D eigenvalue weighted by atomic mass is 10.1. The van der Waals surface area contributed by atoms with Gasteiger partial charge in [-0.3, -0.25) is 10.2 Å². The average molecular weight is 451 g/mol. The maximum absolute atomic E-state index is 13.1. The van der Waals surface area contributed by atoms with Gasteiger partial charge in [0.15, 0.2) is 5.84 Å². The molecule has 5 rings (SSSR count). The highest BCUT2D eigenvalue weighted by Gasteiger charge is 2.36. The number of benzene rings is 2. The number of rotatable bonds is 3. The molecule has 0 spiro atoms. The van der Waals surface area contributed by atoms with Crippen LogP contribution in [0.2, 0.25) is 5.02 Å². The summed E-state index contributed by atoms with van der Waals surface area (Å²) in [5, 5.41) is 15.6. The van der Waals surface area contributed by atoms with Crippen LogP contribution >= 0.6 is 23.4 Å². The van der Waals surface area contributed by atoms with Crippen LogP contribution in [-0.2, 0) is 4.79 Å². The smallest absolute Gasteiger partial charge is 0.283 e. The molecule has 1 amide bonds. The quantitative estimate of drug-likeness (QED) is 0.541. The number of furan rings is 1. The van der Waals surface area contributed by atoms with E-state index in [2.05, 4.69) is 10.1 Å². The third-order valence-electron chi connectivity index (χ3n) is 4.60. The highest BCUT2D eigenvalue weighted by molar-refractivity contribution is 8.27. The van der Waals surface area contributed by atoms with Gasteiger partial charge in [0.25, 0.3) is 5.91 Å². The van der Waals surface area contributed by atoms with Crippen molar-refractivity contribution in [2.24, 2.45) is 10.1 Å². The predicted octanol–water partition coefficient (Wildman–Crippen LogP) is 5.41. The molecule has 0 saturated carbocycles. The Morgan fingerprint density at radius 2 is 1.87 bits per heavy atom. The first-order valence-electron chi connectivity index (χ1n) is 9.10. The van der Waals surface area contributed by atoms with E-state index in [1.165, 1.54) is 35.0 Å². The molecule has 152 valence electrons. The fourth-order valence-corrected chi connectivity index (χ4v) is 4.29. The van der Waals surface area contributed by atoms with E-state index >= 15 is 0 Å². The number of hydrogen-bond acceptors (Lipinski definition) is 5. The standard InChI is InChI=1S/C22H12ClFN4O2S/c23-17-4-2-1-3-15(17)21-27-28-19(25)16(20(29)26-22(28)31-21)11-14-9-10-18(30-14)12-5-7-13(24)8-6-12/h1-11,25H/b16-11-,25-19?. The summed E-state index contributed by atoms with van der Waals surface area (Å²) in [6.07, 6.45) is 1.45. The van der Waals surface area contributed by atoms with Gasteiger partial charge in [-0.2, -0.15) is 15.1 Å². The molecule has 0 aliphatic carbocycles. The van der Waals surface area contributed by atoms with Crippen LogP contribution < -0.4 is 0 Å². The van der Waals surface area contributed by atoms with Gasteiger partial charge in [-0.1, -0.05) is 29.8 Å². The van der Waals surface area contributed by atoms with Crippen molar-refractivity contribution in [1.29, 1.82) is 5.41 Å². The number of hydrazone groups is 1. The molecule has 0 radical (unpaired) electrons. The Bertz CT molecular complexity index is 1330. The van der Waals surface area contributed by atoms with Crippen LogP contribution in [0.3, 0.4) is 0 Å². The third-order valence-corrected chi connectivity index (χ3v) is 5.87. The van der Waals surface area contributed by atoms with Crippen molar-refractivity contribution in [2.75, 3.05) is 0 Å². The van der Waals surface area contributed by atoms with Crippen molar-refractivity contribution >= 4 is 51.4 Å². The molecular weight excluding hydrogens is 439 g/mol. The summed E-state index contributed by atoms with van der Waals surface area (Å²) in [6.45, 7) is 0. The van der Waals surface area contributed by atoms with E-state index in [1.807, 2.05) is 18.2 Å². The molecule has 31 heavy (non-hydrogen) atoms. The van der Waals surface area contributed by atoms with Crippen molar-refractivity contribution in [3.63, 3.8) is 0 Å². The Morgan fingerprint density at radius 1 is 1.10 bits per heavy atom. The first kappa shape index (κ1) is 19.5. The van der Waals surface area contributed by atoms with E-state index in [0.29, 0.717) is 37.9 Å². The van der Waals surface area contributed by atoms with Gasteiger partial charge in [0.1, 0.15) is 22.4 Å². The normalized spacial score (nSPS) is 17.1. The summed E-state index contributed by atoms with van der Waals surface area (Å²) in [7, 11) is 0. The number of halogens is 2. The van der Waals surface area contributed by atoms with Crippen LogP contribution in [0.25, 0.3) is 17.4 Å². The lowest BCUT2D eigenvalue weighted by Gasteiger charge is -2.19. The van der Waals surface area contributed by atoms with Gasteiger partial charge in [0, 0.05) is 11.1 Å². The lowest BCUT2D eigenvalue weighted by Crippen LogP contribution is -2.35. The number of fused-ring (bicyclic) bond motifs is 1. The SMILES string of the molecule is N=C1/C(=C/c2ccc(-c3ccc(F)cc3)o2)C(=O)N=C2SC(c3ccccc3Cl)=NN12. The van der Waals surface area contributed by atoms with Crippen molar-refractivity contribution in [1.82, 2.24) is 5.01 Å². The number of nitrogens with zero attached hydrogens (tertiary/aromatic N) is 3. The monoisotopic (exact) mass is 450 g/mol. The molecule has 0 unspecified atom stereocenters. The number of aliphatic imine (C=N–C) groups is 1. The zero-order valence-electron chi connectivity index (χ0n) is 15.7. The fourth-order valence-electron chi connectivity index (χ4n) is 3.08. The Balaban J connectivity index is 1.45. The summed E-state index contributed by atoms with van der Waals surface area (Å²) in [5.41, 5.74) is 1.45. The predicted molar refractivity (Wildman–Crippen MR) is 120 cm³/mol. The van der Waals surface area contributed by atoms with Crippen LogP contribution in [-0.4, -0.2) is 27.0 Å². The Hall–Kier alpha value is -3.49. The molecule has 0 atom stereocenters. The fraction of sp³-hybridized carbons (Fsp3) is 0. The minimum Gasteiger partial charge on any atom is -0.457 e. The highest BCUT2D eigenvalue weighted by Crippen LogP contribution is 2.33. The van der Waals surface area contributed by atoms with Crippen molar-refractivity contribution < 1.29 is 13.6 Å². The summed E-state index contributed by atoms with van der Waals surface area (Å²) >= 11 is 7.43. The largest absolute Gasteiger partial charge is 0.457 e. The molecule has 3 heterocycles. The molecule has 9 heteroatoms. The molecule has 0 bridgehead atoms. The molecule has 3 aromatic rings. The van der Waals surface area contributed by atoms with Crippen molar-refractivity contribution in [3.8, 4) is 11.3 Å². The first-order chi connectivity index (χ1) is 15.0. The van der Waals surface area contributed by atoms with Gasteiger partial charge < -0.3 is 4.42 Å². The third kappa shape index (κ3) is 3.60. The average Bonchev–Trinajstić information content (AvgIpc) is 3.39. The number of carbonyl (C=O) groups is 1. The van der Waals surface area contributed by atoms with Gasteiger partial charge in [-0.25, -0.2) is 4.39 Å². The molecule has 6 nitrogen and oxygen atoms in total. The number of amides is 1. The van der Waals surface area contributed by atoms with Crippen molar-refractivity contribution in [2.45, 2.75) is 0 Å². The van der Waals surface area contributed by atoms with Gasteiger partial charge >= 0.3 is 0 Å². The van der Waals surface area contributed by atoms with Crippen LogP contribution in [0.1, 0.15) is 11.3 Å². The molecule has 2 aliphatic rings. The Labute approximate surface area is 185 Å². The molecule has 0 saturated heterocycles. The van der Waals surface area contributed by atoms with E-state index in [1.54, 1.807) is 30.3 Å². The summed E-state index contributed by atoms with van der Waals surface area (Å²) < 4.78 is 18.9. The molecular formula is C22H12ClFN4O2S. The molecule has 0 fully saturated rings. The minimum absolute atomic E-state index is 0.0496. The summed E-state index contributed by atoms with van der Waals surface area (Å²) in [5.74, 6) is -0.119. The number of carbonyl (C=O) groups excluding carboxylic acids is 1. The number of nitrogens with one attached hydrogen (secondary N) is 1. The van der Waals surface area contributed by atoms with E-state index < -0.39 is 5.91 Å². The second kappa shape index (κ2) is 7.64. The number of hydrogen-bond donors (Lipinski definition) is 1. The van der Waals surface area contributed by atoms with E-state index in [4.69, 9.17) is 21.4 Å². The number of thioether (sulfide) groups is 1. The maximum Gasteiger partial charge on any atom is 0.283 e. The van der Waals surface area contributed by atoms with Crippen LogP contribution in [0, 0.1) is 11.2 Å². The van der Waals surface area contributed by atoms with E-state index in [0.717, 1.165) is 0 Å². The Kier molecular flexibility index (Phi) is 4.80. The van der Waals surface area contributed by atoms with Gasteiger partial charge in [0.05, 0.1) is 10.6 Å². The summed E-state index contributed by atoms with van der Waals surface area (Å²) in [4.78, 5) is 16.6. The molecule has 2 aromatic carbocycles. The van der Waals surface area contributed by atoms with E-state index in [-0.39, 0.29) is 17.2 Å². The lowest BCUT2D eigenvalue weighted by molar-refractivity contribution is -0.114.